The molecule has 0 radical (unpaired) electrons. The fourth-order valence-electron chi connectivity index (χ4n) is 3.94. The molecule has 0 aromatic heterocycles. The molecule has 0 aliphatic carbocycles. The van der Waals surface area contributed by atoms with Gasteiger partial charge in [-0.15, -0.1) is 0 Å². The van der Waals surface area contributed by atoms with E-state index in [0.29, 0.717) is 24.1 Å². The summed E-state index contributed by atoms with van der Waals surface area (Å²) in [4.78, 5) is 34.6. The highest BCUT2D eigenvalue weighted by Crippen LogP contribution is 2.32. The number of ether oxygens (including phenoxy) is 1. The summed E-state index contributed by atoms with van der Waals surface area (Å²) in [6, 6.07) is 16.7. The standard InChI is InChI=1S/C23H25ClN4O3/c1-2-31-22(30)19-20(16-8-10-17(24)11-9-16)25-23(26-21(19)29)28-14-12-27(13-15-28)18-6-4-3-5-7-18/h3-11,19-20H,2,12-15H2,1H3,(H,25,26,29)/t19-,20+/m1/s1. The van der Waals surface area contributed by atoms with Crippen molar-refractivity contribution >= 4 is 35.1 Å². The Labute approximate surface area is 186 Å². The number of para-hydroxylation sites is 1. The van der Waals surface area contributed by atoms with E-state index in [0.717, 1.165) is 18.7 Å². The molecule has 2 atom stereocenters. The number of carbonyl (C=O) groups is 2. The molecule has 1 amide bonds. The van der Waals surface area contributed by atoms with Crippen LogP contribution in [-0.4, -0.2) is 55.5 Å². The van der Waals surface area contributed by atoms with Gasteiger partial charge in [-0.2, -0.15) is 0 Å². The van der Waals surface area contributed by atoms with Crippen LogP contribution in [0.4, 0.5) is 5.69 Å². The highest BCUT2D eigenvalue weighted by Gasteiger charge is 2.42. The maximum absolute atomic E-state index is 12.9. The van der Waals surface area contributed by atoms with Crippen molar-refractivity contribution in [3.63, 3.8) is 0 Å². The quantitative estimate of drug-likeness (QED) is 0.584. The second-order valence-corrected chi connectivity index (χ2v) is 7.91. The van der Waals surface area contributed by atoms with Gasteiger partial charge in [0, 0.05) is 36.9 Å². The van der Waals surface area contributed by atoms with Gasteiger partial charge in [0.2, 0.25) is 11.9 Å². The molecule has 162 valence electrons. The molecule has 0 unspecified atom stereocenters. The second kappa shape index (κ2) is 9.39. The van der Waals surface area contributed by atoms with E-state index < -0.39 is 23.8 Å². The third-order valence-electron chi connectivity index (χ3n) is 5.55. The van der Waals surface area contributed by atoms with Gasteiger partial charge in [0.15, 0.2) is 5.92 Å². The van der Waals surface area contributed by atoms with E-state index in [4.69, 9.17) is 21.3 Å². The van der Waals surface area contributed by atoms with Gasteiger partial charge < -0.3 is 14.5 Å². The molecule has 2 heterocycles. The molecule has 1 fully saturated rings. The summed E-state index contributed by atoms with van der Waals surface area (Å²) in [6.45, 7) is 4.97. The number of rotatable bonds is 4. The van der Waals surface area contributed by atoms with Crippen molar-refractivity contribution in [1.82, 2.24) is 10.2 Å². The van der Waals surface area contributed by atoms with Gasteiger partial charge in [-0.3, -0.25) is 14.9 Å². The van der Waals surface area contributed by atoms with Crippen LogP contribution in [-0.2, 0) is 14.3 Å². The third-order valence-corrected chi connectivity index (χ3v) is 5.80. The number of nitrogens with one attached hydrogen (secondary N) is 1. The lowest BCUT2D eigenvalue weighted by molar-refractivity contribution is -0.153. The van der Waals surface area contributed by atoms with Crippen molar-refractivity contribution in [1.29, 1.82) is 0 Å². The second-order valence-electron chi connectivity index (χ2n) is 7.48. The number of benzene rings is 2. The molecule has 8 heteroatoms. The summed E-state index contributed by atoms with van der Waals surface area (Å²) in [7, 11) is 0. The minimum Gasteiger partial charge on any atom is -0.465 e. The first-order chi connectivity index (χ1) is 15.1. The predicted molar refractivity (Wildman–Crippen MR) is 120 cm³/mol. The van der Waals surface area contributed by atoms with Crippen LogP contribution < -0.4 is 10.2 Å². The Hall–Kier alpha value is -3.06. The normalized spacial score (nSPS) is 21.4. The fourth-order valence-corrected chi connectivity index (χ4v) is 4.07. The zero-order valence-electron chi connectivity index (χ0n) is 17.3. The zero-order chi connectivity index (χ0) is 21.8. The summed E-state index contributed by atoms with van der Waals surface area (Å²) in [6.07, 6.45) is 0. The summed E-state index contributed by atoms with van der Waals surface area (Å²) in [5, 5.41) is 3.41. The molecule has 0 bridgehead atoms. The number of halogens is 1. The first-order valence-corrected chi connectivity index (χ1v) is 10.8. The lowest BCUT2D eigenvalue weighted by atomic mass is 9.91. The van der Waals surface area contributed by atoms with Crippen LogP contribution in [0, 0.1) is 5.92 Å². The van der Waals surface area contributed by atoms with Crippen molar-refractivity contribution in [2.75, 3.05) is 37.7 Å². The number of aliphatic imine (C=N–C) groups is 1. The molecule has 2 aromatic carbocycles. The maximum Gasteiger partial charge on any atom is 0.321 e. The van der Waals surface area contributed by atoms with Gasteiger partial charge in [0.25, 0.3) is 0 Å². The SMILES string of the molecule is CCOC(=O)[C@H]1C(=O)NC(N2CCN(c3ccccc3)CC2)=N[C@H]1c1ccc(Cl)cc1. The summed E-state index contributed by atoms with van der Waals surface area (Å²) in [5.74, 6) is -1.50. The molecule has 2 aromatic rings. The number of piperazine rings is 1. The number of anilines is 1. The average molecular weight is 441 g/mol. The Kier molecular flexibility index (Phi) is 6.42. The average Bonchev–Trinajstić information content (AvgIpc) is 2.80. The van der Waals surface area contributed by atoms with Gasteiger partial charge in [-0.05, 0) is 36.8 Å². The van der Waals surface area contributed by atoms with Crippen LogP contribution in [0.5, 0.6) is 0 Å². The Morgan fingerprint density at radius 2 is 1.71 bits per heavy atom. The first-order valence-electron chi connectivity index (χ1n) is 10.4. The molecule has 2 aliphatic rings. The number of hydrogen-bond acceptors (Lipinski definition) is 6. The van der Waals surface area contributed by atoms with Crippen molar-refractivity contribution in [3.8, 4) is 0 Å². The van der Waals surface area contributed by atoms with Crippen molar-refractivity contribution < 1.29 is 14.3 Å². The number of amides is 1. The van der Waals surface area contributed by atoms with Crippen molar-refractivity contribution in [2.24, 2.45) is 10.9 Å². The number of nitrogens with zero attached hydrogens (tertiary/aromatic N) is 3. The van der Waals surface area contributed by atoms with E-state index in [2.05, 4.69) is 27.2 Å². The Morgan fingerprint density at radius 3 is 2.35 bits per heavy atom. The highest BCUT2D eigenvalue weighted by molar-refractivity contribution is 6.30. The Balaban J connectivity index is 1.56. The van der Waals surface area contributed by atoms with E-state index in [1.807, 2.05) is 18.2 Å². The largest absolute Gasteiger partial charge is 0.465 e. The summed E-state index contributed by atoms with van der Waals surface area (Å²) >= 11 is 6.02. The van der Waals surface area contributed by atoms with E-state index in [-0.39, 0.29) is 6.61 Å². The molecule has 0 spiro atoms. The smallest absolute Gasteiger partial charge is 0.321 e. The maximum atomic E-state index is 12.9. The van der Waals surface area contributed by atoms with Gasteiger partial charge in [-0.25, -0.2) is 4.99 Å². The van der Waals surface area contributed by atoms with Crippen LogP contribution in [0.3, 0.4) is 0 Å². The van der Waals surface area contributed by atoms with Gasteiger partial charge in [0.1, 0.15) is 6.04 Å². The molecule has 2 aliphatic heterocycles. The van der Waals surface area contributed by atoms with E-state index >= 15 is 0 Å². The number of carbonyl (C=O) groups excluding carboxylic acids is 2. The van der Waals surface area contributed by atoms with Crippen LogP contribution in [0.2, 0.25) is 5.02 Å². The minimum absolute atomic E-state index is 0.202. The van der Waals surface area contributed by atoms with Crippen molar-refractivity contribution in [2.45, 2.75) is 13.0 Å². The summed E-state index contributed by atoms with van der Waals surface area (Å²) < 4.78 is 5.16. The van der Waals surface area contributed by atoms with Crippen LogP contribution >= 0.6 is 11.6 Å². The predicted octanol–water partition coefficient (Wildman–Crippen LogP) is 2.87. The Bertz CT molecular complexity index is 957. The third kappa shape index (κ3) is 4.66. The molecule has 31 heavy (non-hydrogen) atoms. The first kappa shape index (κ1) is 21.2. The van der Waals surface area contributed by atoms with E-state index in [1.165, 1.54) is 5.69 Å². The van der Waals surface area contributed by atoms with Crippen molar-refractivity contribution in [3.05, 3.63) is 65.2 Å². The van der Waals surface area contributed by atoms with Crippen LogP contribution in [0.1, 0.15) is 18.5 Å². The van der Waals surface area contributed by atoms with E-state index in [9.17, 15) is 9.59 Å². The van der Waals surface area contributed by atoms with Crippen LogP contribution in [0.25, 0.3) is 0 Å². The molecule has 4 rings (SSSR count). The van der Waals surface area contributed by atoms with Crippen LogP contribution in [0.15, 0.2) is 59.6 Å². The number of esters is 1. The molecule has 7 nitrogen and oxygen atoms in total. The summed E-state index contributed by atoms with van der Waals surface area (Å²) in [5.41, 5.74) is 1.93. The Morgan fingerprint density at radius 1 is 1.06 bits per heavy atom. The van der Waals surface area contributed by atoms with Gasteiger partial charge in [-0.1, -0.05) is 41.9 Å². The lowest BCUT2D eigenvalue weighted by Gasteiger charge is -2.39. The highest BCUT2D eigenvalue weighted by atomic mass is 35.5. The minimum atomic E-state index is -1.03. The molecule has 1 saturated heterocycles. The van der Waals surface area contributed by atoms with E-state index in [1.54, 1.807) is 31.2 Å². The van der Waals surface area contributed by atoms with Gasteiger partial charge in [0.05, 0.1) is 6.61 Å². The van der Waals surface area contributed by atoms with Gasteiger partial charge >= 0.3 is 5.97 Å². The molecule has 0 saturated carbocycles. The molecular formula is C23H25ClN4O3. The molecule has 1 N–H and O–H groups in total. The fraction of sp³-hybridized carbons (Fsp3) is 0.348. The lowest BCUT2D eigenvalue weighted by Crippen LogP contribution is -2.57. The topological polar surface area (TPSA) is 74.2 Å². The molecular weight excluding hydrogens is 416 g/mol. The number of guanidine groups is 1. The monoisotopic (exact) mass is 440 g/mol. The number of hydrogen-bond donors (Lipinski definition) is 1. The zero-order valence-corrected chi connectivity index (χ0v) is 18.1.